The zero-order chi connectivity index (χ0) is 8.04. The first-order valence-corrected chi connectivity index (χ1v) is 4.89. The van der Waals surface area contributed by atoms with Crippen molar-refractivity contribution in [1.29, 1.82) is 0 Å². The van der Waals surface area contributed by atoms with Crippen molar-refractivity contribution < 1.29 is 17.9 Å². The van der Waals surface area contributed by atoms with Crippen LogP contribution in [0, 0.1) is 0 Å². The average molecular weight is 186 g/mol. The van der Waals surface area contributed by atoms with E-state index in [1.165, 1.54) is 0 Å². The van der Waals surface area contributed by atoms with E-state index in [0.29, 0.717) is 13.2 Å². The second-order valence-electron chi connectivity index (χ2n) is 1.39. The van der Waals surface area contributed by atoms with Crippen LogP contribution in [0.1, 0.15) is 13.8 Å². The largest absolute Gasteiger partial charge is 0.477 e. The minimum Gasteiger partial charge on any atom is -0.287 e. The predicted octanol–water partition coefficient (Wildman–Crippen LogP) is 1.97. The Bertz CT molecular complexity index is 116. The maximum Gasteiger partial charge on any atom is 0.477 e. The molecule has 0 radical (unpaired) electrons. The van der Waals surface area contributed by atoms with Gasteiger partial charge in [-0.25, -0.2) is 4.57 Å². The molecule has 0 saturated carbocycles. The molecule has 0 aliphatic rings. The Labute approximate surface area is 63.1 Å². The molecule has 1 atom stereocenters. The lowest BCUT2D eigenvalue weighted by Gasteiger charge is -2.12. The van der Waals surface area contributed by atoms with Crippen LogP contribution in [-0.4, -0.2) is 13.2 Å². The molecule has 4 nitrogen and oxygen atoms in total. The molecule has 0 aliphatic heterocycles. The van der Waals surface area contributed by atoms with Crippen molar-refractivity contribution in [3.05, 3.63) is 0 Å². The summed E-state index contributed by atoms with van der Waals surface area (Å²) in [6.07, 6.45) is 0. The summed E-state index contributed by atoms with van der Waals surface area (Å²) in [7, 11) is -1.38. The van der Waals surface area contributed by atoms with Gasteiger partial charge in [0.1, 0.15) is 0 Å². The summed E-state index contributed by atoms with van der Waals surface area (Å²) in [4.78, 5) is 0. The lowest BCUT2D eigenvalue weighted by atomic mass is 10.9. The molecule has 0 fully saturated rings. The van der Waals surface area contributed by atoms with Crippen LogP contribution in [0.4, 0.5) is 0 Å². The Morgan fingerprint density at radius 1 is 1.30 bits per heavy atom. The Balaban J connectivity index is 3.83. The van der Waals surface area contributed by atoms with Gasteiger partial charge in [0.05, 0.1) is 13.2 Å². The fourth-order valence-electron chi connectivity index (χ4n) is 0.414. The highest BCUT2D eigenvalue weighted by Gasteiger charge is 2.22. The van der Waals surface area contributed by atoms with E-state index in [4.69, 9.17) is 9.05 Å². The maximum absolute atomic E-state index is 11.1. The summed E-state index contributed by atoms with van der Waals surface area (Å²) < 4.78 is 25.0. The third-order valence-corrected chi connectivity index (χ3v) is 2.89. The average Bonchev–Trinajstić information content (AvgIpc) is 1.89. The first kappa shape index (κ1) is 10.5. The van der Waals surface area contributed by atoms with E-state index in [0.717, 1.165) is 0 Å². The van der Waals surface area contributed by atoms with Crippen LogP contribution in [0.25, 0.3) is 0 Å². The Kier molecular flexibility index (Phi) is 5.51. The zero-order valence-electron chi connectivity index (χ0n) is 6.07. The number of hydrogen-bond donors (Lipinski definition) is 0. The lowest BCUT2D eigenvalue weighted by Crippen LogP contribution is -1.94. The maximum atomic E-state index is 11.1. The molecule has 6 heteroatoms. The summed E-state index contributed by atoms with van der Waals surface area (Å²) in [5, 5.41) is 0. The molecule has 62 valence electrons. The highest BCUT2D eigenvalue weighted by Crippen LogP contribution is 2.50. The van der Waals surface area contributed by atoms with Crippen LogP contribution in [0.5, 0.6) is 0 Å². The van der Waals surface area contributed by atoms with Crippen LogP contribution in [0.15, 0.2) is 0 Å². The van der Waals surface area contributed by atoms with Gasteiger partial charge in [-0.2, -0.15) is 0 Å². The SMILES string of the molecule is CCOP(=O)(OP)OCC. The van der Waals surface area contributed by atoms with E-state index in [9.17, 15) is 4.57 Å². The van der Waals surface area contributed by atoms with Gasteiger partial charge >= 0.3 is 7.82 Å². The summed E-state index contributed by atoms with van der Waals surface area (Å²) in [5.41, 5.74) is 0. The lowest BCUT2D eigenvalue weighted by molar-refractivity contribution is 0.174. The minimum atomic E-state index is -3.24. The molecule has 10 heavy (non-hydrogen) atoms. The van der Waals surface area contributed by atoms with Crippen LogP contribution in [-0.2, 0) is 17.9 Å². The molecule has 0 heterocycles. The molecule has 1 unspecified atom stereocenters. The van der Waals surface area contributed by atoms with E-state index >= 15 is 0 Å². The molecule has 0 bridgehead atoms. The van der Waals surface area contributed by atoms with Crippen molar-refractivity contribution >= 4 is 17.3 Å². The van der Waals surface area contributed by atoms with Gasteiger partial charge in [-0.15, -0.1) is 0 Å². The van der Waals surface area contributed by atoms with Gasteiger partial charge in [0.2, 0.25) is 0 Å². The van der Waals surface area contributed by atoms with E-state index in [-0.39, 0.29) is 0 Å². The summed E-state index contributed by atoms with van der Waals surface area (Å²) in [6.45, 7) is 4.06. The third kappa shape index (κ3) is 3.65. The van der Waals surface area contributed by atoms with Gasteiger partial charge < -0.3 is 0 Å². The van der Waals surface area contributed by atoms with Crippen molar-refractivity contribution in [2.45, 2.75) is 13.8 Å². The van der Waals surface area contributed by atoms with Gasteiger partial charge in [-0.05, 0) is 13.8 Å². The van der Waals surface area contributed by atoms with Gasteiger partial charge in [0.15, 0.2) is 0 Å². The molecular formula is C4H12O4P2. The molecule has 0 aromatic rings. The summed E-state index contributed by atoms with van der Waals surface area (Å²) in [5.74, 6) is 0. The van der Waals surface area contributed by atoms with Crippen LogP contribution >= 0.6 is 17.3 Å². The fourth-order valence-corrected chi connectivity index (χ4v) is 1.61. The first-order chi connectivity index (χ1) is 4.68. The first-order valence-electron chi connectivity index (χ1n) is 2.96. The highest BCUT2D eigenvalue weighted by molar-refractivity contribution is 7.53. The van der Waals surface area contributed by atoms with Crippen molar-refractivity contribution in [2.75, 3.05) is 13.2 Å². The smallest absolute Gasteiger partial charge is 0.287 e. The van der Waals surface area contributed by atoms with Crippen molar-refractivity contribution in [1.82, 2.24) is 0 Å². The molecule has 0 amide bonds. The molecule has 0 aromatic heterocycles. The Morgan fingerprint density at radius 3 is 1.90 bits per heavy atom. The second kappa shape index (κ2) is 5.22. The van der Waals surface area contributed by atoms with E-state index in [2.05, 4.69) is 4.31 Å². The van der Waals surface area contributed by atoms with Crippen molar-refractivity contribution in [2.24, 2.45) is 0 Å². The summed E-state index contributed by atoms with van der Waals surface area (Å²) in [6, 6.07) is 0. The van der Waals surface area contributed by atoms with Gasteiger partial charge in [-0.1, -0.05) is 0 Å². The molecule has 0 aromatic carbocycles. The molecule has 0 spiro atoms. The van der Waals surface area contributed by atoms with Crippen LogP contribution in [0.3, 0.4) is 0 Å². The van der Waals surface area contributed by atoms with E-state index in [1.54, 1.807) is 13.8 Å². The van der Waals surface area contributed by atoms with E-state index in [1.807, 2.05) is 9.47 Å². The Hall–Kier alpha value is 0.540. The standard InChI is InChI=1S/C4H12O4P2/c1-3-6-10(5,8-9)7-4-2/h3-4,9H2,1-2H3. The van der Waals surface area contributed by atoms with Crippen LogP contribution in [0.2, 0.25) is 0 Å². The molecule has 0 aliphatic carbocycles. The number of phosphoric ester groups is 1. The third-order valence-electron chi connectivity index (χ3n) is 0.704. The molecule has 0 saturated heterocycles. The minimum absolute atomic E-state index is 0.311. The predicted molar refractivity (Wildman–Crippen MR) is 41.7 cm³/mol. The summed E-state index contributed by atoms with van der Waals surface area (Å²) >= 11 is 0. The molecule has 0 N–H and O–H groups in total. The second-order valence-corrected chi connectivity index (χ2v) is 3.64. The Morgan fingerprint density at radius 2 is 1.70 bits per heavy atom. The van der Waals surface area contributed by atoms with Crippen LogP contribution < -0.4 is 0 Å². The molecular weight excluding hydrogens is 174 g/mol. The molecule has 0 rings (SSSR count). The van der Waals surface area contributed by atoms with Gasteiger partial charge in [0.25, 0.3) is 0 Å². The fraction of sp³-hybridized carbons (Fsp3) is 1.00. The van der Waals surface area contributed by atoms with Crippen molar-refractivity contribution in [3.63, 3.8) is 0 Å². The van der Waals surface area contributed by atoms with Gasteiger partial charge in [0, 0.05) is 9.47 Å². The van der Waals surface area contributed by atoms with Gasteiger partial charge in [-0.3, -0.25) is 13.4 Å². The topological polar surface area (TPSA) is 44.8 Å². The number of rotatable bonds is 5. The highest BCUT2D eigenvalue weighted by atomic mass is 31.2. The monoisotopic (exact) mass is 186 g/mol. The van der Waals surface area contributed by atoms with Crippen molar-refractivity contribution in [3.8, 4) is 0 Å². The number of phosphoric acid groups is 1. The zero-order valence-corrected chi connectivity index (χ0v) is 8.12. The normalized spacial score (nSPS) is 11.9. The quantitative estimate of drug-likeness (QED) is 0.615. The van der Waals surface area contributed by atoms with E-state index < -0.39 is 7.82 Å². The number of hydrogen-bond acceptors (Lipinski definition) is 4.